The third-order valence-electron chi connectivity index (χ3n) is 0.985. The topological polar surface area (TPSA) is 69.9 Å². The molecule has 1 rings (SSSR count). The molecule has 4 nitrogen and oxygen atoms in total. The van der Waals surface area contributed by atoms with Gasteiger partial charge in [0.1, 0.15) is 5.75 Å². The predicted octanol–water partition coefficient (Wildman–Crippen LogP) is 0.0335. The number of rotatable bonds is 2. The molecular weight excluding hydrogens is 171 g/mol. The van der Waals surface area contributed by atoms with Crippen molar-refractivity contribution in [2.75, 3.05) is 6.61 Å². The zero-order valence-corrected chi connectivity index (χ0v) is 7.42. The molecule has 1 aromatic rings. The standard InChI is InChI=1S/C6H7BO3.C2H6O/c8-7(9)10-6-4-2-1-3-5-6;1-2-3/h1-5,8-9H;3H,2H2,1H3. The normalized spacial score (nSPS) is 8.31. The highest BCUT2D eigenvalue weighted by atomic mass is 16.6. The maximum atomic E-state index is 8.34. The average molecular weight is 184 g/mol. The molecule has 0 aliphatic carbocycles. The molecule has 0 spiro atoms. The molecule has 0 saturated carbocycles. The average Bonchev–Trinajstić information content (AvgIpc) is 2.06. The van der Waals surface area contributed by atoms with E-state index in [0.29, 0.717) is 5.75 Å². The lowest BCUT2D eigenvalue weighted by molar-refractivity contribution is 0.288. The first-order chi connectivity index (χ1) is 6.20. The Morgan fingerprint density at radius 2 is 1.69 bits per heavy atom. The number of benzene rings is 1. The van der Waals surface area contributed by atoms with E-state index in [2.05, 4.69) is 4.65 Å². The largest absolute Gasteiger partial charge is 0.707 e. The molecule has 0 bridgehead atoms. The first kappa shape index (κ1) is 12.0. The van der Waals surface area contributed by atoms with Crippen LogP contribution in [0.5, 0.6) is 5.75 Å². The molecule has 0 radical (unpaired) electrons. The molecule has 0 heterocycles. The minimum atomic E-state index is -1.73. The Balaban J connectivity index is 0.000000424. The van der Waals surface area contributed by atoms with Gasteiger partial charge in [0.15, 0.2) is 0 Å². The van der Waals surface area contributed by atoms with Crippen molar-refractivity contribution in [1.82, 2.24) is 0 Å². The Bertz CT molecular complexity index is 203. The summed E-state index contributed by atoms with van der Waals surface area (Å²) in [6.07, 6.45) is 0. The van der Waals surface area contributed by atoms with E-state index in [9.17, 15) is 0 Å². The Kier molecular flexibility index (Phi) is 7.00. The van der Waals surface area contributed by atoms with Crippen LogP contribution in [-0.2, 0) is 0 Å². The third kappa shape index (κ3) is 7.33. The lowest BCUT2D eigenvalue weighted by Crippen LogP contribution is -2.20. The maximum absolute atomic E-state index is 8.34. The minimum absolute atomic E-state index is 0.250. The second-order valence-electron chi connectivity index (χ2n) is 2.07. The van der Waals surface area contributed by atoms with E-state index >= 15 is 0 Å². The van der Waals surface area contributed by atoms with Gasteiger partial charge in [-0.15, -0.1) is 0 Å². The highest BCUT2D eigenvalue weighted by molar-refractivity contribution is 6.33. The molecule has 0 atom stereocenters. The summed E-state index contributed by atoms with van der Waals surface area (Å²) in [7, 11) is -1.73. The summed E-state index contributed by atoms with van der Waals surface area (Å²) in [4.78, 5) is 0. The van der Waals surface area contributed by atoms with Gasteiger partial charge in [0.05, 0.1) is 0 Å². The zero-order chi connectivity index (χ0) is 10.1. The van der Waals surface area contributed by atoms with E-state index in [-0.39, 0.29) is 6.61 Å². The summed E-state index contributed by atoms with van der Waals surface area (Å²) < 4.78 is 4.53. The van der Waals surface area contributed by atoms with Gasteiger partial charge < -0.3 is 19.8 Å². The van der Waals surface area contributed by atoms with Crippen molar-refractivity contribution in [3.05, 3.63) is 30.3 Å². The van der Waals surface area contributed by atoms with E-state index in [0.717, 1.165) is 0 Å². The molecule has 3 N–H and O–H groups in total. The molecule has 1 aromatic carbocycles. The van der Waals surface area contributed by atoms with E-state index in [1.807, 2.05) is 6.07 Å². The van der Waals surface area contributed by atoms with Crippen molar-refractivity contribution in [1.29, 1.82) is 0 Å². The van der Waals surface area contributed by atoms with E-state index in [1.54, 1.807) is 31.2 Å². The highest BCUT2D eigenvalue weighted by Gasteiger charge is 2.09. The summed E-state index contributed by atoms with van der Waals surface area (Å²) in [5.74, 6) is 0.442. The summed E-state index contributed by atoms with van der Waals surface area (Å²) in [6, 6.07) is 8.59. The van der Waals surface area contributed by atoms with Crippen molar-refractivity contribution in [2.45, 2.75) is 6.92 Å². The molecule has 0 aromatic heterocycles. The molecule has 13 heavy (non-hydrogen) atoms. The van der Waals surface area contributed by atoms with Crippen molar-refractivity contribution < 1.29 is 19.8 Å². The molecule has 0 amide bonds. The highest BCUT2D eigenvalue weighted by Crippen LogP contribution is 2.07. The van der Waals surface area contributed by atoms with Crippen LogP contribution in [-0.4, -0.2) is 29.1 Å². The molecule has 0 fully saturated rings. The van der Waals surface area contributed by atoms with Gasteiger partial charge in [-0.3, -0.25) is 0 Å². The van der Waals surface area contributed by atoms with Crippen LogP contribution < -0.4 is 4.65 Å². The molecule has 0 aliphatic rings. The van der Waals surface area contributed by atoms with Crippen LogP contribution in [0.25, 0.3) is 0 Å². The smallest absolute Gasteiger partial charge is 0.512 e. The SMILES string of the molecule is CCO.OB(O)Oc1ccccc1. The van der Waals surface area contributed by atoms with Gasteiger partial charge in [0.2, 0.25) is 0 Å². The predicted molar refractivity (Wildman–Crippen MR) is 50.0 cm³/mol. The maximum Gasteiger partial charge on any atom is 0.707 e. The fraction of sp³-hybridized carbons (Fsp3) is 0.250. The Labute approximate surface area is 77.6 Å². The van der Waals surface area contributed by atoms with Gasteiger partial charge in [-0.05, 0) is 19.1 Å². The molecule has 0 aliphatic heterocycles. The first-order valence-corrected chi connectivity index (χ1v) is 3.89. The van der Waals surface area contributed by atoms with Crippen LogP contribution in [0.4, 0.5) is 0 Å². The van der Waals surface area contributed by atoms with Gasteiger partial charge in [-0.25, -0.2) is 0 Å². The number of hydrogen-bond donors (Lipinski definition) is 3. The quantitative estimate of drug-likeness (QED) is 0.567. The fourth-order valence-electron chi connectivity index (χ4n) is 0.621. The van der Waals surface area contributed by atoms with E-state index in [4.69, 9.17) is 15.2 Å². The molecule has 0 unspecified atom stereocenters. The minimum Gasteiger partial charge on any atom is -0.512 e. The summed E-state index contributed by atoms with van der Waals surface area (Å²) in [5, 5.41) is 24.2. The molecule has 72 valence electrons. The number of hydrogen-bond acceptors (Lipinski definition) is 4. The van der Waals surface area contributed by atoms with Crippen LogP contribution in [0.1, 0.15) is 6.92 Å². The second-order valence-corrected chi connectivity index (χ2v) is 2.07. The fourth-order valence-corrected chi connectivity index (χ4v) is 0.621. The molecular formula is C8H13BO4. The Morgan fingerprint density at radius 3 is 2.08 bits per heavy atom. The summed E-state index contributed by atoms with van der Waals surface area (Å²) in [6.45, 7) is 1.93. The van der Waals surface area contributed by atoms with Crippen molar-refractivity contribution in [2.24, 2.45) is 0 Å². The second kappa shape index (κ2) is 7.61. The lowest BCUT2D eigenvalue weighted by atomic mass is 10.2. The Hall–Kier alpha value is -1.04. The monoisotopic (exact) mass is 184 g/mol. The third-order valence-corrected chi connectivity index (χ3v) is 0.985. The van der Waals surface area contributed by atoms with Crippen LogP contribution in [0.2, 0.25) is 0 Å². The van der Waals surface area contributed by atoms with Crippen LogP contribution >= 0.6 is 0 Å². The van der Waals surface area contributed by atoms with Crippen LogP contribution in [0.3, 0.4) is 0 Å². The van der Waals surface area contributed by atoms with Gasteiger partial charge in [-0.2, -0.15) is 0 Å². The number of aliphatic hydroxyl groups excluding tert-OH is 1. The zero-order valence-electron chi connectivity index (χ0n) is 7.42. The van der Waals surface area contributed by atoms with Gasteiger partial charge in [-0.1, -0.05) is 18.2 Å². The Morgan fingerprint density at radius 1 is 1.23 bits per heavy atom. The van der Waals surface area contributed by atoms with Crippen molar-refractivity contribution in [3.63, 3.8) is 0 Å². The van der Waals surface area contributed by atoms with Gasteiger partial charge in [0.25, 0.3) is 0 Å². The summed E-state index contributed by atoms with van der Waals surface area (Å²) in [5.41, 5.74) is 0. The number of para-hydroxylation sites is 1. The van der Waals surface area contributed by atoms with Crippen LogP contribution in [0, 0.1) is 0 Å². The van der Waals surface area contributed by atoms with E-state index < -0.39 is 7.32 Å². The lowest BCUT2D eigenvalue weighted by Gasteiger charge is -2.01. The summed E-state index contributed by atoms with van der Waals surface area (Å²) >= 11 is 0. The molecule has 0 saturated heterocycles. The van der Waals surface area contributed by atoms with Crippen molar-refractivity contribution >= 4 is 7.32 Å². The van der Waals surface area contributed by atoms with Crippen LogP contribution in [0.15, 0.2) is 30.3 Å². The molecule has 5 heteroatoms. The first-order valence-electron chi connectivity index (χ1n) is 3.89. The van der Waals surface area contributed by atoms with Gasteiger partial charge >= 0.3 is 7.32 Å². The van der Waals surface area contributed by atoms with E-state index in [1.165, 1.54) is 0 Å². The number of aliphatic hydroxyl groups is 1. The van der Waals surface area contributed by atoms with Gasteiger partial charge in [0, 0.05) is 6.61 Å². The van der Waals surface area contributed by atoms with Crippen molar-refractivity contribution in [3.8, 4) is 5.75 Å².